The molecule has 5 heteroatoms. The molecule has 1 N–H and O–H groups in total. The fraction of sp³-hybridized carbons (Fsp3) is 0.923. The summed E-state index contributed by atoms with van der Waals surface area (Å²) in [6.45, 7) is 2.56. The summed E-state index contributed by atoms with van der Waals surface area (Å²) in [4.78, 5) is 14.0. The summed E-state index contributed by atoms with van der Waals surface area (Å²) >= 11 is 0. The average molecular weight is 272 g/mol. The van der Waals surface area contributed by atoms with E-state index in [1.807, 2.05) is 4.90 Å². The summed E-state index contributed by atoms with van der Waals surface area (Å²) in [5.41, 5.74) is 0. The van der Waals surface area contributed by atoms with E-state index in [4.69, 9.17) is 0 Å². The number of amides is 1. The molecule has 0 spiro atoms. The van der Waals surface area contributed by atoms with Crippen molar-refractivity contribution in [2.75, 3.05) is 18.6 Å². The summed E-state index contributed by atoms with van der Waals surface area (Å²) in [6, 6.07) is 0.196. The van der Waals surface area contributed by atoms with Gasteiger partial charge in [0.05, 0.1) is 12.7 Å². The van der Waals surface area contributed by atoms with E-state index in [0.29, 0.717) is 18.2 Å². The number of carbonyl (C=O) groups is 1. The monoisotopic (exact) mass is 272 g/mol. The molecule has 1 amide bonds. The summed E-state index contributed by atoms with van der Waals surface area (Å²) in [5.74, 6) is 1.51. The second kappa shape index (κ2) is 6.15. The van der Waals surface area contributed by atoms with Crippen LogP contribution < -0.4 is 5.32 Å². The Morgan fingerprint density at radius 2 is 2.11 bits per heavy atom. The standard InChI is InChI=1S/C13H24N2O2S/c1-10(7-8-18(2)17)15-12(16)9-14-13(15)11-5-3-4-6-11/h10-11,13-14H,3-9H2,1-2H3. The van der Waals surface area contributed by atoms with Gasteiger partial charge >= 0.3 is 0 Å². The van der Waals surface area contributed by atoms with Crippen LogP contribution in [0.2, 0.25) is 0 Å². The normalized spacial score (nSPS) is 28.9. The minimum absolute atomic E-state index is 0.196. The van der Waals surface area contributed by atoms with Crippen LogP contribution in [0.1, 0.15) is 39.0 Å². The molecule has 1 saturated heterocycles. The SMILES string of the molecule is CC(CCS(C)=O)N1C(=O)CNC1C1CCCC1. The first-order chi connectivity index (χ1) is 8.59. The molecular formula is C13H24N2O2S. The Morgan fingerprint density at radius 3 is 2.72 bits per heavy atom. The van der Waals surface area contributed by atoms with Gasteiger partial charge in [-0.15, -0.1) is 0 Å². The summed E-state index contributed by atoms with van der Waals surface area (Å²) in [7, 11) is -0.769. The summed E-state index contributed by atoms with van der Waals surface area (Å²) in [5, 5.41) is 3.37. The number of nitrogens with one attached hydrogen (secondary N) is 1. The van der Waals surface area contributed by atoms with Gasteiger partial charge in [-0.1, -0.05) is 12.8 Å². The van der Waals surface area contributed by atoms with Crippen LogP contribution in [0.5, 0.6) is 0 Å². The quantitative estimate of drug-likeness (QED) is 0.815. The molecule has 104 valence electrons. The Labute approximate surface area is 112 Å². The second-order valence-electron chi connectivity index (χ2n) is 5.59. The third kappa shape index (κ3) is 3.12. The van der Waals surface area contributed by atoms with Gasteiger partial charge in [-0.05, 0) is 32.1 Å². The van der Waals surface area contributed by atoms with Crippen molar-refractivity contribution in [3.8, 4) is 0 Å². The Morgan fingerprint density at radius 1 is 1.44 bits per heavy atom. The predicted molar refractivity (Wildman–Crippen MR) is 73.6 cm³/mol. The molecule has 2 rings (SSSR count). The lowest BCUT2D eigenvalue weighted by molar-refractivity contribution is -0.130. The molecule has 0 aromatic carbocycles. The highest BCUT2D eigenvalue weighted by molar-refractivity contribution is 7.84. The maximum atomic E-state index is 12.0. The van der Waals surface area contributed by atoms with Crippen molar-refractivity contribution in [2.45, 2.75) is 51.2 Å². The van der Waals surface area contributed by atoms with Crippen molar-refractivity contribution in [2.24, 2.45) is 5.92 Å². The summed E-state index contributed by atoms with van der Waals surface area (Å²) < 4.78 is 11.2. The average Bonchev–Trinajstić information content (AvgIpc) is 2.94. The van der Waals surface area contributed by atoms with Gasteiger partial charge in [0, 0.05) is 28.9 Å². The molecule has 1 aliphatic carbocycles. The van der Waals surface area contributed by atoms with Crippen LogP contribution in [-0.2, 0) is 15.6 Å². The van der Waals surface area contributed by atoms with Crippen LogP contribution in [0.3, 0.4) is 0 Å². The number of rotatable bonds is 5. The molecule has 1 aliphatic heterocycles. The van der Waals surface area contributed by atoms with Gasteiger partial charge in [-0.2, -0.15) is 0 Å². The Bertz CT molecular complexity index is 329. The maximum absolute atomic E-state index is 12.0. The van der Waals surface area contributed by atoms with E-state index in [9.17, 15) is 9.00 Å². The number of hydrogen-bond donors (Lipinski definition) is 1. The smallest absolute Gasteiger partial charge is 0.238 e. The Balaban J connectivity index is 1.97. The molecule has 0 bridgehead atoms. The molecule has 0 aromatic heterocycles. The first kappa shape index (κ1) is 14.0. The molecule has 3 unspecified atom stereocenters. The van der Waals surface area contributed by atoms with Gasteiger partial charge in [0.25, 0.3) is 0 Å². The van der Waals surface area contributed by atoms with Crippen LogP contribution in [-0.4, -0.2) is 45.8 Å². The van der Waals surface area contributed by atoms with E-state index in [0.717, 1.165) is 6.42 Å². The Hall–Kier alpha value is -0.420. The molecule has 0 aromatic rings. The van der Waals surface area contributed by atoms with Crippen molar-refractivity contribution in [1.29, 1.82) is 0 Å². The lowest BCUT2D eigenvalue weighted by Crippen LogP contribution is -2.47. The van der Waals surface area contributed by atoms with E-state index < -0.39 is 10.8 Å². The van der Waals surface area contributed by atoms with Crippen molar-refractivity contribution in [3.05, 3.63) is 0 Å². The van der Waals surface area contributed by atoms with Crippen LogP contribution >= 0.6 is 0 Å². The van der Waals surface area contributed by atoms with E-state index in [1.165, 1.54) is 25.7 Å². The van der Waals surface area contributed by atoms with Gasteiger partial charge in [0.2, 0.25) is 5.91 Å². The van der Waals surface area contributed by atoms with Crippen LogP contribution in [0.15, 0.2) is 0 Å². The van der Waals surface area contributed by atoms with Crippen molar-refractivity contribution >= 4 is 16.7 Å². The molecule has 1 heterocycles. The largest absolute Gasteiger partial charge is 0.323 e. The van der Waals surface area contributed by atoms with Gasteiger partial charge < -0.3 is 4.90 Å². The van der Waals surface area contributed by atoms with Gasteiger partial charge in [-0.25, -0.2) is 0 Å². The first-order valence-electron chi connectivity index (χ1n) is 6.94. The number of nitrogens with zero attached hydrogens (tertiary/aromatic N) is 1. The minimum atomic E-state index is -0.769. The predicted octanol–water partition coefficient (Wildman–Crippen LogP) is 1.09. The van der Waals surface area contributed by atoms with E-state index >= 15 is 0 Å². The maximum Gasteiger partial charge on any atom is 0.238 e. The molecule has 1 saturated carbocycles. The van der Waals surface area contributed by atoms with E-state index in [-0.39, 0.29) is 18.1 Å². The lowest BCUT2D eigenvalue weighted by Gasteiger charge is -2.34. The second-order valence-corrected chi connectivity index (χ2v) is 7.14. The third-order valence-electron chi connectivity index (χ3n) is 4.19. The minimum Gasteiger partial charge on any atom is -0.323 e. The number of carbonyl (C=O) groups excluding carboxylic acids is 1. The Kier molecular flexibility index (Phi) is 4.78. The highest BCUT2D eigenvalue weighted by Gasteiger charge is 2.39. The van der Waals surface area contributed by atoms with Crippen LogP contribution in [0.25, 0.3) is 0 Å². The molecule has 4 nitrogen and oxygen atoms in total. The number of hydrogen-bond acceptors (Lipinski definition) is 3. The highest BCUT2D eigenvalue weighted by atomic mass is 32.2. The van der Waals surface area contributed by atoms with E-state index in [1.54, 1.807) is 6.26 Å². The molecule has 18 heavy (non-hydrogen) atoms. The zero-order valence-electron chi connectivity index (χ0n) is 11.4. The molecular weight excluding hydrogens is 248 g/mol. The molecule has 2 fully saturated rings. The molecule has 0 radical (unpaired) electrons. The summed E-state index contributed by atoms with van der Waals surface area (Å²) in [6.07, 6.45) is 7.82. The zero-order valence-corrected chi connectivity index (χ0v) is 12.2. The third-order valence-corrected chi connectivity index (χ3v) is 5.01. The fourth-order valence-electron chi connectivity index (χ4n) is 3.20. The van der Waals surface area contributed by atoms with Crippen LogP contribution in [0, 0.1) is 5.92 Å². The van der Waals surface area contributed by atoms with Gasteiger partial charge in [0.15, 0.2) is 0 Å². The zero-order chi connectivity index (χ0) is 13.1. The van der Waals surface area contributed by atoms with Crippen molar-refractivity contribution < 1.29 is 9.00 Å². The van der Waals surface area contributed by atoms with Crippen LogP contribution in [0.4, 0.5) is 0 Å². The highest BCUT2D eigenvalue weighted by Crippen LogP contribution is 2.32. The van der Waals surface area contributed by atoms with Gasteiger partial charge in [0.1, 0.15) is 0 Å². The molecule has 2 aliphatic rings. The van der Waals surface area contributed by atoms with Gasteiger partial charge in [-0.3, -0.25) is 14.3 Å². The molecule has 3 atom stereocenters. The topological polar surface area (TPSA) is 49.4 Å². The first-order valence-corrected chi connectivity index (χ1v) is 8.67. The fourth-order valence-corrected chi connectivity index (χ4v) is 3.87. The van der Waals surface area contributed by atoms with Crippen molar-refractivity contribution in [3.63, 3.8) is 0 Å². The van der Waals surface area contributed by atoms with Crippen molar-refractivity contribution in [1.82, 2.24) is 10.2 Å². The van der Waals surface area contributed by atoms with E-state index in [2.05, 4.69) is 12.2 Å². The lowest BCUT2D eigenvalue weighted by atomic mass is 10.0.